The van der Waals surface area contributed by atoms with Crippen molar-refractivity contribution in [2.45, 2.75) is 65.0 Å². The van der Waals surface area contributed by atoms with Crippen LogP contribution in [-0.4, -0.2) is 44.5 Å². The van der Waals surface area contributed by atoms with Crippen LogP contribution in [0.2, 0.25) is 0 Å². The quantitative estimate of drug-likeness (QED) is 0.719. The minimum Gasteiger partial charge on any atom is -0.444 e. The molecule has 0 radical (unpaired) electrons. The molecule has 0 aliphatic rings. The molecule has 0 aliphatic carbocycles. The van der Waals surface area contributed by atoms with E-state index in [1.807, 2.05) is 44.2 Å². The summed E-state index contributed by atoms with van der Waals surface area (Å²) >= 11 is 0. The predicted molar refractivity (Wildman–Crippen MR) is 105 cm³/mol. The number of hydrogen-bond acceptors (Lipinski definition) is 6. The number of amides is 1. The highest BCUT2D eigenvalue weighted by Crippen LogP contribution is 2.18. The van der Waals surface area contributed by atoms with Crippen molar-refractivity contribution in [1.82, 2.24) is 20.3 Å². The van der Waals surface area contributed by atoms with E-state index in [0.29, 0.717) is 12.3 Å². The zero-order chi connectivity index (χ0) is 20.8. The van der Waals surface area contributed by atoms with Crippen molar-refractivity contribution in [2.24, 2.45) is 0 Å². The number of aliphatic hydroxyl groups excluding tert-OH is 1. The largest absolute Gasteiger partial charge is 0.444 e. The number of hydrogen-bond donors (Lipinski definition) is 2. The number of ether oxygens (including phenoxy) is 2. The Morgan fingerprint density at radius 3 is 2.54 bits per heavy atom. The zero-order valence-corrected chi connectivity index (χ0v) is 17.2. The second-order valence-electron chi connectivity index (χ2n) is 8.23. The average Bonchev–Trinajstić information content (AvgIpc) is 3.03. The van der Waals surface area contributed by atoms with Gasteiger partial charge in [-0.25, -0.2) is 9.48 Å². The molecule has 0 fully saturated rings. The van der Waals surface area contributed by atoms with E-state index >= 15 is 0 Å². The number of carbonyl (C=O) groups is 1. The summed E-state index contributed by atoms with van der Waals surface area (Å²) in [7, 11) is 0. The molecule has 0 spiro atoms. The van der Waals surface area contributed by atoms with Gasteiger partial charge in [-0.05, 0) is 40.2 Å². The molecule has 154 valence electrons. The Hall–Kier alpha value is -2.45. The van der Waals surface area contributed by atoms with Crippen molar-refractivity contribution >= 4 is 6.09 Å². The molecule has 8 heteroatoms. The van der Waals surface area contributed by atoms with Crippen LogP contribution >= 0.6 is 0 Å². The molecule has 2 aromatic rings. The van der Waals surface area contributed by atoms with Crippen LogP contribution in [0.4, 0.5) is 4.79 Å². The van der Waals surface area contributed by atoms with E-state index in [4.69, 9.17) is 9.47 Å². The zero-order valence-electron chi connectivity index (χ0n) is 17.2. The molecule has 0 saturated heterocycles. The third-order valence-corrected chi connectivity index (χ3v) is 3.81. The van der Waals surface area contributed by atoms with E-state index in [9.17, 15) is 9.90 Å². The molecule has 8 nitrogen and oxygen atoms in total. The van der Waals surface area contributed by atoms with E-state index < -0.39 is 23.3 Å². The minimum absolute atomic E-state index is 0.184. The fourth-order valence-corrected chi connectivity index (χ4v) is 2.45. The van der Waals surface area contributed by atoms with Gasteiger partial charge in [-0.1, -0.05) is 35.5 Å². The lowest BCUT2D eigenvalue weighted by molar-refractivity contribution is 0.0184. The Kier molecular flexibility index (Phi) is 7.15. The van der Waals surface area contributed by atoms with Crippen molar-refractivity contribution in [3.63, 3.8) is 0 Å². The fourth-order valence-electron chi connectivity index (χ4n) is 2.45. The molecule has 1 aromatic carbocycles. The van der Waals surface area contributed by atoms with E-state index in [0.717, 1.165) is 5.56 Å². The van der Waals surface area contributed by atoms with Gasteiger partial charge in [0.05, 0.1) is 37.6 Å². The predicted octanol–water partition coefficient (Wildman–Crippen LogP) is 2.62. The number of nitrogens with zero attached hydrogens (tertiary/aromatic N) is 3. The van der Waals surface area contributed by atoms with Gasteiger partial charge in [-0.15, -0.1) is 5.10 Å². The lowest BCUT2D eigenvalue weighted by Gasteiger charge is -2.26. The molecule has 0 saturated carbocycles. The lowest BCUT2D eigenvalue weighted by atomic mass is 10.0. The van der Waals surface area contributed by atoms with Crippen molar-refractivity contribution in [1.29, 1.82) is 0 Å². The summed E-state index contributed by atoms with van der Waals surface area (Å²) in [6.45, 7) is 9.89. The standard InChI is InChI=1S/C20H30N4O4/c1-19(2,3)28-18(26)21-20(4,5)17-12-24(23-22-17)11-16(25)14-27-13-15-9-7-6-8-10-15/h6-10,12,16,25H,11,13-14H2,1-5H3,(H,21,26). The average molecular weight is 390 g/mol. The molecule has 0 bridgehead atoms. The number of alkyl carbamates (subject to hydrolysis) is 1. The van der Waals surface area contributed by atoms with E-state index in [1.54, 1.807) is 27.0 Å². The molecule has 0 aliphatic heterocycles. The van der Waals surface area contributed by atoms with Crippen LogP contribution in [-0.2, 0) is 28.2 Å². The van der Waals surface area contributed by atoms with E-state index in [-0.39, 0.29) is 13.2 Å². The SMILES string of the molecule is CC(C)(C)OC(=O)NC(C)(C)c1cn(CC(O)COCc2ccccc2)nn1. The third kappa shape index (κ3) is 7.28. The first-order valence-corrected chi connectivity index (χ1v) is 9.27. The monoisotopic (exact) mass is 390 g/mol. The maximum Gasteiger partial charge on any atom is 0.408 e. The first-order chi connectivity index (χ1) is 13.0. The van der Waals surface area contributed by atoms with Gasteiger partial charge in [-0.2, -0.15) is 0 Å². The van der Waals surface area contributed by atoms with Gasteiger partial charge < -0.3 is 19.9 Å². The third-order valence-electron chi connectivity index (χ3n) is 3.81. The molecule has 1 aromatic heterocycles. The minimum atomic E-state index is -0.769. The Bertz CT molecular complexity index is 753. The summed E-state index contributed by atoms with van der Waals surface area (Å²) in [6.07, 6.45) is 0.444. The Balaban J connectivity index is 1.84. The molecule has 1 unspecified atom stereocenters. The first kappa shape index (κ1) is 21.8. The summed E-state index contributed by atoms with van der Waals surface area (Å²) < 4.78 is 12.4. The number of nitrogens with one attached hydrogen (secondary N) is 1. The van der Waals surface area contributed by atoms with Crippen molar-refractivity contribution in [3.05, 3.63) is 47.8 Å². The molecule has 1 atom stereocenters. The Morgan fingerprint density at radius 1 is 1.21 bits per heavy atom. The number of benzene rings is 1. The molecule has 28 heavy (non-hydrogen) atoms. The highest BCUT2D eigenvalue weighted by Gasteiger charge is 2.29. The second-order valence-corrected chi connectivity index (χ2v) is 8.23. The number of aromatic nitrogens is 3. The summed E-state index contributed by atoms with van der Waals surface area (Å²) in [4.78, 5) is 12.0. The maximum absolute atomic E-state index is 12.0. The van der Waals surface area contributed by atoms with Gasteiger partial charge in [0.1, 0.15) is 11.3 Å². The second kappa shape index (κ2) is 9.16. The molecular weight excluding hydrogens is 360 g/mol. The molecule has 1 amide bonds. The number of aliphatic hydroxyl groups is 1. The highest BCUT2D eigenvalue weighted by molar-refractivity contribution is 5.68. The molecular formula is C20H30N4O4. The van der Waals surface area contributed by atoms with E-state index in [1.165, 1.54) is 4.68 Å². The number of carbonyl (C=O) groups excluding carboxylic acids is 1. The molecule has 1 heterocycles. The summed E-state index contributed by atoms with van der Waals surface area (Å²) in [5, 5.41) is 21.1. The Morgan fingerprint density at radius 2 is 1.89 bits per heavy atom. The Labute approximate surface area is 165 Å². The van der Waals surface area contributed by atoms with Crippen LogP contribution in [0.5, 0.6) is 0 Å². The van der Waals surface area contributed by atoms with Gasteiger partial charge in [0.15, 0.2) is 0 Å². The van der Waals surface area contributed by atoms with E-state index in [2.05, 4.69) is 15.6 Å². The van der Waals surface area contributed by atoms with Crippen LogP contribution in [0.3, 0.4) is 0 Å². The topological polar surface area (TPSA) is 98.5 Å². The summed E-state index contributed by atoms with van der Waals surface area (Å²) in [5.74, 6) is 0. The smallest absolute Gasteiger partial charge is 0.408 e. The van der Waals surface area contributed by atoms with Gasteiger partial charge in [0.2, 0.25) is 0 Å². The van der Waals surface area contributed by atoms with Crippen molar-refractivity contribution in [2.75, 3.05) is 6.61 Å². The van der Waals surface area contributed by atoms with Gasteiger partial charge >= 0.3 is 6.09 Å². The first-order valence-electron chi connectivity index (χ1n) is 9.27. The van der Waals surface area contributed by atoms with Crippen LogP contribution in [0.1, 0.15) is 45.9 Å². The molecule has 2 N–H and O–H groups in total. The summed E-state index contributed by atoms with van der Waals surface area (Å²) in [6, 6.07) is 9.77. The van der Waals surface area contributed by atoms with Gasteiger partial charge in [0.25, 0.3) is 0 Å². The lowest BCUT2D eigenvalue weighted by Crippen LogP contribution is -2.44. The normalized spacial score (nSPS) is 13.2. The fraction of sp³-hybridized carbons (Fsp3) is 0.550. The van der Waals surface area contributed by atoms with Crippen LogP contribution in [0, 0.1) is 0 Å². The summed E-state index contributed by atoms with van der Waals surface area (Å²) in [5.41, 5.74) is 0.264. The maximum atomic E-state index is 12.0. The molecule has 2 rings (SSSR count). The van der Waals surface area contributed by atoms with Crippen molar-refractivity contribution in [3.8, 4) is 0 Å². The highest BCUT2D eigenvalue weighted by atomic mass is 16.6. The van der Waals surface area contributed by atoms with Crippen LogP contribution in [0.25, 0.3) is 0 Å². The van der Waals surface area contributed by atoms with Gasteiger partial charge in [-0.3, -0.25) is 0 Å². The van der Waals surface area contributed by atoms with Crippen molar-refractivity contribution < 1.29 is 19.4 Å². The van der Waals surface area contributed by atoms with Gasteiger partial charge in [0, 0.05) is 0 Å². The number of rotatable bonds is 8. The van der Waals surface area contributed by atoms with Crippen LogP contribution in [0.15, 0.2) is 36.5 Å². The van der Waals surface area contributed by atoms with Crippen LogP contribution < -0.4 is 5.32 Å².